The van der Waals surface area contributed by atoms with E-state index in [0.29, 0.717) is 11.6 Å². The fourth-order valence-electron chi connectivity index (χ4n) is 1.84. The Bertz CT molecular complexity index is 398. The van der Waals surface area contributed by atoms with Gasteiger partial charge in [0, 0.05) is 9.92 Å². The van der Waals surface area contributed by atoms with E-state index in [9.17, 15) is 4.79 Å². The van der Waals surface area contributed by atoms with Crippen LogP contribution in [0.25, 0.3) is 0 Å². The van der Waals surface area contributed by atoms with Crippen molar-refractivity contribution in [3.8, 4) is 0 Å². The molecule has 0 N–H and O–H groups in total. The molecule has 0 heterocycles. The second-order valence-electron chi connectivity index (χ2n) is 4.12. The molecular weight excluding hydrogens is 256 g/mol. The molecule has 92 valence electrons. The minimum absolute atomic E-state index is 0.0776. The van der Waals surface area contributed by atoms with Gasteiger partial charge in [0.05, 0.1) is 6.61 Å². The maximum absolute atomic E-state index is 11.9. The molecule has 17 heavy (non-hydrogen) atoms. The Labute approximate surface area is 111 Å². The summed E-state index contributed by atoms with van der Waals surface area (Å²) < 4.78 is 4.80. The third kappa shape index (κ3) is 2.78. The molecule has 1 fully saturated rings. The Kier molecular flexibility index (Phi) is 4.00. The highest BCUT2D eigenvalue weighted by molar-refractivity contribution is 8.01. The molecule has 0 spiro atoms. The molecule has 1 aromatic rings. The Hall–Kier alpha value is -0.670. The lowest BCUT2D eigenvalue weighted by molar-refractivity contribution is -0.148. The standard InChI is InChI=1S/C13H15ClO2S/c1-2-16-12(15)13(8-3-9-13)17-11-6-4-10(14)5-7-11/h4-7H,2-3,8-9H2,1H3. The van der Waals surface area contributed by atoms with Crippen molar-refractivity contribution < 1.29 is 9.53 Å². The lowest BCUT2D eigenvalue weighted by atomic mass is 9.84. The fourth-order valence-corrected chi connectivity index (χ4v) is 3.32. The lowest BCUT2D eigenvalue weighted by Crippen LogP contribution is -2.43. The van der Waals surface area contributed by atoms with Gasteiger partial charge in [-0.15, -0.1) is 11.8 Å². The molecule has 2 rings (SSSR count). The van der Waals surface area contributed by atoms with E-state index in [-0.39, 0.29) is 10.7 Å². The van der Waals surface area contributed by atoms with Gasteiger partial charge in [0.2, 0.25) is 0 Å². The van der Waals surface area contributed by atoms with Gasteiger partial charge in [-0.25, -0.2) is 0 Å². The summed E-state index contributed by atoms with van der Waals surface area (Å²) in [7, 11) is 0. The molecule has 1 aromatic carbocycles. The van der Waals surface area contributed by atoms with E-state index in [2.05, 4.69) is 0 Å². The smallest absolute Gasteiger partial charge is 0.322 e. The van der Waals surface area contributed by atoms with Gasteiger partial charge in [0.15, 0.2) is 0 Å². The van der Waals surface area contributed by atoms with E-state index in [4.69, 9.17) is 16.3 Å². The molecular formula is C13H15ClO2S. The summed E-state index contributed by atoms with van der Waals surface area (Å²) >= 11 is 7.44. The van der Waals surface area contributed by atoms with Crippen molar-refractivity contribution in [1.29, 1.82) is 0 Å². The number of carbonyl (C=O) groups excluding carboxylic acids is 1. The van der Waals surface area contributed by atoms with Crippen LogP contribution in [0.3, 0.4) is 0 Å². The molecule has 0 radical (unpaired) electrons. The number of rotatable bonds is 4. The van der Waals surface area contributed by atoms with Crippen molar-refractivity contribution in [1.82, 2.24) is 0 Å². The average Bonchev–Trinajstić information content (AvgIpc) is 2.26. The summed E-state index contributed by atoms with van der Waals surface area (Å²) in [6.07, 6.45) is 2.90. The number of benzene rings is 1. The van der Waals surface area contributed by atoms with Gasteiger partial charge in [0.1, 0.15) is 4.75 Å². The Morgan fingerprint density at radius 1 is 1.41 bits per heavy atom. The number of thioether (sulfide) groups is 1. The number of hydrogen-bond acceptors (Lipinski definition) is 3. The van der Waals surface area contributed by atoms with Crippen LogP contribution in [0, 0.1) is 0 Å². The summed E-state index contributed by atoms with van der Waals surface area (Å²) in [6.45, 7) is 2.29. The first-order valence-electron chi connectivity index (χ1n) is 5.78. The van der Waals surface area contributed by atoms with E-state index < -0.39 is 0 Å². The van der Waals surface area contributed by atoms with Gasteiger partial charge in [-0.3, -0.25) is 4.79 Å². The number of esters is 1. The van der Waals surface area contributed by atoms with Gasteiger partial charge < -0.3 is 4.74 Å². The van der Waals surface area contributed by atoms with Crippen molar-refractivity contribution in [3.63, 3.8) is 0 Å². The molecule has 0 atom stereocenters. The van der Waals surface area contributed by atoms with Gasteiger partial charge >= 0.3 is 5.97 Å². The van der Waals surface area contributed by atoms with Crippen molar-refractivity contribution in [2.75, 3.05) is 6.61 Å². The summed E-state index contributed by atoms with van der Waals surface area (Å²) in [5, 5.41) is 0.716. The fraction of sp³-hybridized carbons (Fsp3) is 0.462. The topological polar surface area (TPSA) is 26.3 Å². The first kappa shape index (κ1) is 12.8. The summed E-state index contributed by atoms with van der Waals surface area (Å²) in [5.74, 6) is -0.0776. The van der Waals surface area contributed by atoms with Crippen LogP contribution in [-0.4, -0.2) is 17.3 Å². The molecule has 1 aliphatic carbocycles. The zero-order valence-corrected chi connectivity index (χ0v) is 11.3. The van der Waals surface area contributed by atoms with Crippen LogP contribution in [0.4, 0.5) is 0 Å². The maximum atomic E-state index is 11.9. The zero-order valence-electron chi connectivity index (χ0n) is 9.74. The van der Waals surface area contributed by atoms with E-state index in [1.54, 1.807) is 11.8 Å². The lowest BCUT2D eigenvalue weighted by Gasteiger charge is -2.38. The van der Waals surface area contributed by atoms with Crippen LogP contribution in [0.1, 0.15) is 26.2 Å². The zero-order chi connectivity index (χ0) is 12.3. The quantitative estimate of drug-likeness (QED) is 0.776. The molecule has 0 unspecified atom stereocenters. The normalized spacial score (nSPS) is 17.3. The molecule has 4 heteroatoms. The molecule has 0 saturated heterocycles. The SMILES string of the molecule is CCOC(=O)C1(Sc2ccc(Cl)cc2)CCC1. The van der Waals surface area contributed by atoms with Gasteiger partial charge in [-0.1, -0.05) is 11.6 Å². The van der Waals surface area contributed by atoms with E-state index in [1.807, 2.05) is 31.2 Å². The van der Waals surface area contributed by atoms with Crippen molar-refractivity contribution in [2.24, 2.45) is 0 Å². The molecule has 0 amide bonds. The second-order valence-corrected chi connectivity index (χ2v) is 6.02. The molecule has 0 bridgehead atoms. The third-order valence-corrected chi connectivity index (χ3v) is 4.66. The Morgan fingerprint density at radius 3 is 2.53 bits per heavy atom. The summed E-state index contributed by atoms with van der Waals surface area (Å²) in [5.41, 5.74) is 0. The largest absolute Gasteiger partial charge is 0.465 e. The molecule has 0 aliphatic heterocycles. The third-order valence-electron chi connectivity index (χ3n) is 2.94. The number of hydrogen-bond donors (Lipinski definition) is 0. The number of ether oxygens (including phenoxy) is 1. The predicted molar refractivity (Wildman–Crippen MR) is 70.5 cm³/mol. The van der Waals surface area contributed by atoms with Crippen LogP contribution >= 0.6 is 23.4 Å². The molecule has 1 aliphatic rings. The van der Waals surface area contributed by atoms with Crippen molar-refractivity contribution >= 4 is 29.3 Å². The van der Waals surface area contributed by atoms with Crippen LogP contribution in [0.15, 0.2) is 29.2 Å². The summed E-state index contributed by atoms with van der Waals surface area (Å²) in [6, 6.07) is 7.60. The van der Waals surface area contributed by atoms with Crippen LogP contribution in [-0.2, 0) is 9.53 Å². The minimum Gasteiger partial charge on any atom is -0.465 e. The number of carbonyl (C=O) groups is 1. The van der Waals surface area contributed by atoms with Gasteiger partial charge in [0.25, 0.3) is 0 Å². The molecule has 0 aromatic heterocycles. The first-order chi connectivity index (χ1) is 8.16. The van der Waals surface area contributed by atoms with Gasteiger partial charge in [-0.05, 0) is 50.5 Å². The van der Waals surface area contributed by atoms with Crippen molar-refractivity contribution in [3.05, 3.63) is 29.3 Å². The minimum atomic E-state index is -0.357. The monoisotopic (exact) mass is 270 g/mol. The summed E-state index contributed by atoms with van der Waals surface area (Å²) in [4.78, 5) is 13.0. The van der Waals surface area contributed by atoms with Crippen molar-refractivity contribution in [2.45, 2.75) is 35.8 Å². The highest BCUT2D eigenvalue weighted by Gasteiger charge is 2.46. The molecule has 2 nitrogen and oxygen atoms in total. The number of halogens is 1. The van der Waals surface area contributed by atoms with E-state index >= 15 is 0 Å². The Balaban J connectivity index is 2.09. The van der Waals surface area contributed by atoms with E-state index in [0.717, 1.165) is 24.2 Å². The van der Waals surface area contributed by atoms with Crippen LogP contribution in [0.5, 0.6) is 0 Å². The molecule has 1 saturated carbocycles. The van der Waals surface area contributed by atoms with Crippen LogP contribution in [0.2, 0.25) is 5.02 Å². The van der Waals surface area contributed by atoms with Gasteiger partial charge in [-0.2, -0.15) is 0 Å². The van der Waals surface area contributed by atoms with Crippen LogP contribution < -0.4 is 0 Å². The Morgan fingerprint density at radius 2 is 2.06 bits per heavy atom. The highest BCUT2D eigenvalue weighted by atomic mass is 35.5. The second kappa shape index (κ2) is 5.32. The maximum Gasteiger partial charge on any atom is 0.322 e. The highest BCUT2D eigenvalue weighted by Crippen LogP contribution is 2.48. The average molecular weight is 271 g/mol. The van der Waals surface area contributed by atoms with E-state index in [1.165, 1.54) is 0 Å². The first-order valence-corrected chi connectivity index (χ1v) is 6.97. The predicted octanol–water partition coefficient (Wildman–Crippen LogP) is 3.92.